The van der Waals surface area contributed by atoms with Crippen LogP contribution in [0.1, 0.15) is 50.7 Å². The summed E-state index contributed by atoms with van der Waals surface area (Å²) in [4.78, 5) is 4.68. The number of nitrogens with zero attached hydrogens (tertiary/aromatic N) is 2. The van der Waals surface area contributed by atoms with Gasteiger partial charge in [-0.25, -0.2) is 0 Å². The van der Waals surface area contributed by atoms with Crippen LogP contribution in [0.25, 0.3) is 109 Å². The highest BCUT2D eigenvalue weighted by Gasteiger charge is 2.22. The first-order valence-corrected chi connectivity index (χ1v) is 25.6. The van der Waals surface area contributed by atoms with Crippen LogP contribution in [0.4, 0.5) is 34.1 Å². The highest BCUT2D eigenvalue weighted by atomic mass is 16.3. The highest BCUT2D eigenvalue weighted by molar-refractivity contribution is 6.28. The van der Waals surface area contributed by atoms with Crippen LogP contribution in [-0.4, -0.2) is 0 Å². The van der Waals surface area contributed by atoms with Gasteiger partial charge in [-0.05, 0) is 178 Å². The van der Waals surface area contributed by atoms with Crippen LogP contribution < -0.4 is 9.80 Å². The SMILES string of the molecule is CC(C)c1ccc(N(c2ccc(C(C)C)cc2)c2ccc3cc4c(cc3c2)oc2ccc3oc5cc6cc(N(c7ccc8oc9ccccc9c8c7)c7ccc8oc9ccccc9c8c7)ccc6cc5c3c24)cc1. The molecule has 0 fully saturated rings. The van der Waals surface area contributed by atoms with Gasteiger partial charge in [-0.15, -0.1) is 0 Å². The van der Waals surface area contributed by atoms with E-state index in [0.717, 1.165) is 143 Å². The summed E-state index contributed by atoms with van der Waals surface area (Å²) in [6.45, 7) is 8.96. The second-order valence-electron chi connectivity index (χ2n) is 20.5. The molecule has 0 aliphatic heterocycles. The Hall–Kier alpha value is -9.26. The Labute approximate surface area is 425 Å². The summed E-state index contributed by atoms with van der Waals surface area (Å²) >= 11 is 0. The molecule has 15 rings (SSSR count). The Kier molecular flexibility index (Phi) is 9.24. The maximum absolute atomic E-state index is 6.79. The van der Waals surface area contributed by atoms with Crippen molar-refractivity contribution in [2.24, 2.45) is 0 Å². The molecule has 0 N–H and O–H groups in total. The smallest absolute Gasteiger partial charge is 0.136 e. The first-order chi connectivity index (χ1) is 36.3. The number of furan rings is 4. The summed E-state index contributed by atoms with van der Waals surface area (Å²) in [5.41, 5.74) is 15.8. The van der Waals surface area contributed by atoms with Crippen LogP contribution in [-0.2, 0) is 0 Å². The van der Waals surface area contributed by atoms with E-state index in [1.165, 1.54) is 11.1 Å². The van der Waals surface area contributed by atoms with Crippen LogP contribution in [0.5, 0.6) is 0 Å². The van der Waals surface area contributed by atoms with Crippen molar-refractivity contribution >= 4 is 143 Å². The molecule has 4 aromatic heterocycles. The number of anilines is 6. The molecule has 0 bridgehead atoms. The molecule has 0 amide bonds. The average Bonchev–Trinajstić information content (AvgIpc) is 4.22. The molecule has 6 nitrogen and oxygen atoms in total. The number of hydrogen-bond acceptors (Lipinski definition) is 6. The summed E-state index contributed by atoms with van der Waals surface area (Å²) in [7, 11) is 0. The Bertz CT molecular complexity index is 4570. The fraction of sp³-hybridized carbons (Fsp3) is 0.0882. The van der Waals surface area contributed by atoms with Crippen molar-refractivity contribution in [1.82, 2.24) is 0 Å². The van der Waals surface area contributed by atoms with E-state index in [4.69, 9.17) is 17.7 Å². The van der Waals surface area contributed by atoms with Gasteiger partial charge < -0.3 is 27.5 Å². The van der Waals surface area contributed by atoms with Gasteiger partial charge >= 0.3 is 0 Å². The van der Waals surface area contributed by atoms with Gasteiger partial charge in [0, 0.05) is 77.2 Å². The van der Waals surface area contributed by atoms with Gasteiger partial charge in [0.15, 0.2) is 0 Å². The lowest BCUT2D eigenvalue weighted by Crippen LogP contribution is -2.10. The van der Waals surface area contributed by atoms with Gasteiger partial charge in [0.2, 0.25) is 0 Å². The lowest BCUT2D eigenvalue weighted by atomic mass is 10.00. The fourth-order valence-electron chi connectivity index (χ4n) is 11.5. The van der Waals surface area contributed by atoms with Crippen LogP contribution in [0, 0.1) is 0 Å². The molecule has 15 aromatic rings. The normalized spacial score (nSPS) is 12.3. The van der Waals surface area contributed by atoms with E-state index >= 15 is 0 Å². The summed E-state index contributed by atoms with van der Waals surface area (Å²) in [5.74, 6) is 0.909. The lowest BCUT2D eigenvalue weighted by Gasteiger charge is -2.26. The summed E-state index contributed by atoms with van der Waals surface area (Å²) < 4.78 is 26.1. The quantitative estimate of drug-likeness (QED) is 0.151. The van der Waals surface area contributed by atoms with Crippen LogP contribution in [0.3, 0.4) is 0 Å². The molecular formula is C68H48N2O4. The average molecular weight is 957 g/mol. The van der Waals surface area contributed by atoms with Crippen molar-refractivity contribution in [2.75, 3.05) is 9.80 Å². The number of benzene rings is 11. The number of rotatable bonds is 8. The summed E-state index contributed by atoms with van der Waals surface area (Å²) in [6.07, 6.45) is 0. The van der Waals surface area contributed by atoms with Crippen molar-refractivity contribution in [1.29, 1.82) is 0 Å². The highest BCUT2D eigenvalue weighted by Crippen LogP contribution is 2.46. The minimum atomic E-state index is 0.454. The van der Waals surface area contributed by atoms with Gasteiger partial charge in [0.1, 0.15) is 44.7 Å². The summed E-state index contributed by atoms with van der Waals surface area (Å²) in [5, 5.41) is 13.0. The monoisotopic (exact) mass is 956 g/mol. The molecule has 0 saturated carbocycles. The van der Waals surface area contributed by atoms with E-state index in [0.29, 0.717) is 11.8 Å². The third kappa shape index (κ3) is 6.64. The van der Waals surface area contributed by atoms with Gasteiger partial charge in [-0.1, -0.05) is 100 Å². The molecular weight excluding hydrogens is 909 g/mol. The molecule has 0 saturated heterocycles. The van der Waals surface area contributed by atoms with E-state index < -0.39 is 0 Å². The van der Waals surface area contributed by atoms with Gasteiger partial charge in [-0.3, -0.25) is 0 Å². The zero-order valence-corrected chi connectivity index (χ0v) is 41.3. The molecule has 0 atom stereocenters. The molecule has 354 valence electrons. The zero-order chi connectivity index (χ0) is 49.3. The van der Waals surface area contributed by atoms with E-state index in [1.54, 1.807) is 0 Å². The van der Waals surface area contributed by atoms with E-state index in [-0.39, 0.29) is 0 Å². The van der Waals surface area contributed by atoms with Gasteiger partial charge in [0.25, 0.3) is 0 Å². The van der Waals surface area contributed by atoms with E-state index in [1.807, 2.05) is 30.3 Å². The maximum atomic E-state index is 6.79. The molecule has 0 radical (unpaired) electrons. The molecule has 0 aliphatic carbocycles. The maximum Gasteiger partial charge on any atom is 0.136 e. The number of hydrogen-bond donors (Lipinski definition) is 0. The van der Waals surface area contributed by atoms with Crippen LogP contribution >= 0.6 is 0 Å². The third-order valence-corrected chi connectivity index (χ3v) is 15.3. The Morgan fingerprint density at radius 1 is 0.257 bits per heavy atom. The number of fused-ring (bicyclic) bond motifs is 15. The van der Waals surface area contributed by atoms with Gasteiger partial charge in [0.05, 0.1) is 0 Å². The largest absolute Gasteiger partial charge is 0.456 e. The molecule has 0 aliphatic rings. The van der Waals surface area contributed by atoms with E-state index in [9.17, 15) is 0 Å². The third-order valence-electron chi connectivity index (χ3n) is 15.3. The van der Waals surface area contributed by atoms with Crippen LogP contribution in [0.2, 0.25) is 0 Å². The van der Waals surface area contributed by atoms with E-state index in [2.05, 4.69) is 213 Å². The topological polar surface area (TPSA) is 59.0 Å². The van der Waals surface area contributed by atoms with Crippen molar-refractivity contribution in [3.8, 4) is 0 Å². The van der Waals surface area contributed by atoms with Crippen molar-refractivity contribution in [3.63, 3.8) is 0 Å². The number of para-hydroxylation sites is 2. The molecule has 6 heteroatoms. The minimum absolute atomic E-state index is 0.454. The zero-order valence-electron chi connectivity index (χ0n) is 41.3. The second kappa shape index (κ2) is 16.1. The first kappa shape index (κ1) is 42.4. The molecule has 0 spiro atoms. The Morgan fingerprint density at radius 2 is 0.608 bits per heavy atom. The summed E-state index contributed by atoms with van der Waals surface area (Å²) in [6, 6.07) is 73.9. The molecule has 74 heavy (non-hydrogen) atoms. The first-order valence-electron chi connectivity index (χ1n) is 25.6. The van der Waals surface area contributed by atoms with Crippen molar-refractivity contribution in [3.05, 3.63) is 217 Å². The van der Waals surface area contributed by atoms with Crippen LogP contribution in [0.15, 0.2) is 224 Å². The standard InChI is InChI=1S/C68H48N2O4/c1-39(2)41-13-19-47(20-14-41)69(48-21-15-42(16-22-48)40(3)4)49-23-17-43-33-57-65(35-45(43)31-49)73-63-29-30-64-68(67(57)63)58-34-44-18-24-50(32-46(44)36-66(58)74-64)70(51-25-27-61-55(37-51)53-9-5-7-11-59(53)71-61)52-26-28-62-56(38-52)54-10-6-8-12-60(54)72-62/h5-40H,1-4H3. The molecule has 11 aromatic carbocycles. The van der Waals surface area contributed by atoms with Crippen molar-refractivity contribution < 1.29 is 17.7 Å². The fourth-order valence-corrected chi connectivity index (χ4v) is 11.5. The Balaban J connectivity index is 0.854. The Morgan fingerprint density at radius 3 is 1.05 bits per heavy atom. The predicted octanol–water partition coefficient (Wildman–Crippen LogP) is 20.8. The predicted molar refractivity (Wildman–Crippen MR) is 308 cm³/mol. The molecule has 0 unspecified atom stereocenters. The van der Waals surface area contributed by atoms with Crippen molar-refractivity contribution in [2.45, 2.75) is 39.5 Å². The lowest BCUT2D eigenvalue weighted by molar-refractivity contribution is 0.663. The van der Waals surface area contributed by atoms with Gasteiger partial charge in [-0.2, -0.15) is 0 Å². The molecule has 4 heterocycles. The second-order valence-corrected chi connectivity index (χ2v) is 20.5. The minimum Gasteiger partial charge on any atom is -0.456 e.